The molecule has 0 bridgehead atoms. The number of hydrogen-bond acceptors (Lipinski definition) is 3. The molecule has 0 saturated carbocycles. The van der Waals surface area contributed by atoms with Crippen LogP contribution < -0.4 is 5.32 Å². The zero-order valence-corrected chi connectivity index (χ0v) is 12.0. The first kappa shape index (κ1) is 14.1. The normalized spacial score (nSPS) is 12.2. The summed E-state index contributed by atoms with van der Waals surface area (Å²) in [6.07, 6.45) is -0.761. The molecule has 0 aliphatic rings. The SMILES string of the molecule is Cc1ccsc1C(=O)NCC(O)c1cccc(Cl)c1. The lowest BCUT2D eigenvalue weighted by molar-refractivity contribution is 0.0920. The Morgan fingerprint density at radius 3 is 2.89 bits per heavy atom. The molecule has 1 heterocycles. The van der Waals surface area contributed by atoms with Crippen molar-refractivity contribution in [2.24, 2.45) is 0 Å². The third kappa shape index (κ3) is 3.56. The number of carbonyl (C=O) groups is 1. The van der Waals surface area contributed by atoms with Crippen LogP contribution in [0.5, 0.6) is 0 Å². The Kier molecular flexibility index (Phi) is 4.58. The molecule has 100 valence electrons. The Hall–Kier alpha value is -1.36. The third-order valence-electron chi connectivity index (χ3n) is 2.76. The van der Waals surface area contributed by atoms with E-state index >= 15 is 0 Å². The zero-order chi connectivity index (χ0) is 13.8. The van der Waals surface area contributed by atoms with Crippen LogP contribution in [0.1, 0.15) is 26.9 Å². The Bertz CT molecular complexity index is 582. The van der Waals surface area contributed by atoms with Crippen LogP contribution in [0, 0.1) is 6.92 Å². The smallest absolute Gasteiger partial charge is 0.261 e. The molecule has 0 radical (unpaired) electrons. The first-order valence-electron chi connectivity index (χ1n) is 5.83. The second-order valence-corrected chi connectivity index (χ2v) is 5.57. The van der Waals surface area contributed by atoms with Crippen molar-refractivity contribution in [2.75, 3.05) is 6.54 Å². The van der Waals surface area contributed by atoms with Gasteiger partial charge in [-0.1, -0.05) is 23.7 Å². The van der Waals surface area contributed by atoms with Gasteiger partial charge in [0, 0.05) is 11.6 Å². The summed E-state index contributed by atoms with van der Waals surface area (Å²) < 4.78 is 0. The second-order valence-electron chi connectivity index (χ2n) is 4.21. The molecule has 1 aromatic heterocycles. The number of hydrogen-bond donors (Lipinski definition) is 2. The molecule has 0 fully saturated rings. The van der Waals surface area contributed by atoms with Crippen LogP contribution in [-0.2, 0) is 0 Å². The number of nitrogens with one attached hydrogen (secondary N) is 1. The molecule has 0 spiro atoms. The van der Waals surface area contributed by atoms with Gasteiger partial charge in [-0.15, -0.1) is 11.3 Å². The highest BCUT2D eigenvalue weighted by atomic mass is 35.5. The molecular formula is C14H14ClNO2S. The topological polar surface area (TPSA) is 49.3 Å². The molecule has 0 aliphatic carbocycles. The molecule has 3 nitrogen and oxygen atoms in total. The number of halogens is 1. The molecule has 2 N–H and O–H groups in total. The fraction of sp³-hybridized carbons (Fsp3) is 0.214. The number of aryl methyl sites for hydroxylation is 1. The van der Waals surface area contributed by atoms with Crippen molar-refractivity contribution in [1.82, 2.24) is 5.32 Å². The van der Waals surface area contributed by atoms with Gasteiger partial charge < -0.3 is 10.4 Å². The molecule has 1 amide bonds. The maximum atomic E-state index is 11.9. The zero-order valence-electron chi connectivity index (χ0n) is 10.4. The van der Waals surface area contributed by atoms with E-state index in [-0.39, 0.29) is 12.5 Å². The summed E-state index contributed by atoms with van der Waals surface area (Å²) in [5, 5.41) is 15.2. The predicted octanol–water partition coefficient (Wildman–Crippen LogP) is 3.17. The van der Waals surface area contributed by atoms with Gasteiger partial charge in [0.25, 0.3) is 5.91 Å². The van der Waals surface area contributed by atoms with Crippen LogP contribution in [0.2, 0.25) is 5.02 Å². The van der Waals surface area contributed by atoms with Gasteiger partial charge in [0.15, 0.2) is 0 Å². The molecule has 1 atom stereocenters. The minimum absolute atomic E-state index is 0.159. The summed E-state index contributed by atoms with van der Waals surface area (Å²) in [7, 11) is 0. The van der Waals surface area contributed by atoms with E-state index in [0.717, 1.165) is 5.56 Å². The minimum atomic E-state index is -0.761. The standard InChI is InChI=1S/C14H14ClNO2S/c1-9-5-6-19-13(9)14(18)16-8-12(17)10-3-2-4-11(15)7-10/h2-7,12,17H,8H2,1H3,(H,16,18). The van der Waals surface area contributed by atoms with Crippen molar-refractivity contribution < 1.29 is 9.90 Å². The van der Waals surface area contributed by atoms with Crippen molar-refractivity contribution in [1.29, 1.82) is 0 Å². The third-order valence-corrected chi connectivity index (χ3v) is 4.01. The highest BCUT2D eigenvalue weighted by Crippen LogP contribution is 2.18. The molecule has 0 saturated heterocycles. The molecule has 5 heteroatoms. The summed E-state index contributed by atoms with van der Waals surface area (Å²) in [4.78, 5) is 12.6. The van der Waals surface area contributed by atoms with Crippen molar-refractivity contribution in [2.45, 2.75) is 13.0 Å². The van der Waals surface area contributed by atoms with Crippen LogP contribution in [0.15, 0.2) is 35.7 Å². The molecule has 19 heavy (non-hydrogen) atoms. The summed E-state index contributed by atoms with van der Waals surface area (Å²) in [6.45, 7) is 2.05. The van der Waals surface area contributed by atoms with E-state index in [1.807, 2.05) is 18.4 Å². The second kappa shape index (κ2) is 6.19. The van der Waals surface area contributed by atoms with Gasteiger partial charge in [-0.3, -0.25) is 4.79 Å². The Morgan fingerprint density at radius 2 is 2.26 bits per heavy atom. The van der Waals surface area contributed by atoms with Gasteiger partial charge in [0.1, 0.15) is 0 Å². The van der Waals surface area contributed by atoms with E-state index in [1.165, 1.54) is 11.3 Å². The number of amides is 1. The molecule has 2 aromatic rings. The maximum Gasteiger partial charge on any atom is 0.261 e. The first-order chi connectivity index (χ1) is 9.08. The van der Waals surface area contributed by atoms with Gasteiger partial charge in [0.2, 0.25) is 0 Å². The average molecular weight is 296 g/mol. The number of thiophene rings is 1. The molecular weight excluding hydrogens is 282 g/mol. The van der Waals surface area contributed by atoms with E-state index in [0.29, 0.717) is 15.5 Å². The summed E-state index contributed by atoms with van der Waals surface area (Å²) in [5.74, 6) is -0.159. The van der Waals surface area contributed by atoms with Gasteiger partial charge in [-0.05, 0) is 41.6 Å². The highest BCUT2D eigenvalue weighted by Gasteiger charge is 2.13. The number of carbonyl (C=O) groups excluding carboxylic acids is 1. The predicted molar refractivity (Wildman–Crippen MR) is 77.8 cm³/mol. The monoisotopic (exact) mass is 295 g/mol. The lowest BCUT2D eigenvalue weighted by Gasteiger charge is -2.12. The summed E-state index contributed by atoms with van der Waals surface area (Å²) in [5.41, 5.74) is 1.63. The fourth-order valence-electron chi connectivity index (χ4n) is 1.71. The van der Waals surface area contributed by atoms with Crippen LogP contribution in [0.25, 0.3) is 0 Å². The number of benzene rings is 1. The Morgan fingerprint density at radius 1 is 1.47 bits per heavy atom. The summed E-state index contributed by atoms with van der Waals surface area (Å²) >= 11 is 7.25. The fourth-order valence-corrected chi connectivity index (χ4v) is 2.75. The minimum Gasteiger partial charge on any atom is -0.387 e. The van der Waals surface area contributed by atoms with Crippen LogP contribution in [0.3, 0.4) is 0 Å². The van der Waals surface area contributed by atoms with Crippen molar-refractivity contribution in [3.8, 4) is 0 Å². The Labute approximate surface area is 120 Å². The number of rotatable bonds is 4. The largest absolute Gasteiger partial charge is 0.387 e. The van der Waals surface area contributed by atoms with E-state index in [9.17, 15) is 9.90 Å². The average Bonchev–Trinajstić information content (AvgIpc) is 2.82. The van der Waals surface area contributed by atoms with Crippen LogP contribution in [0.4, 0.5) is 0 Å². The van der Waals surface area contributed by atoms with E-state index < -0.39 is 6.10 Å². The molecule has 1 aromatic carbocycles. The van der Waals surface area contributed by atoms with Gasteiger partial charge in [-0.25, -0.2) is 0 Å². The number of aliphatic hydroxyl groups excluding tert-OH is 1. The molecule has 0 aliphatic heterocycles. The number of aliphatic hydroxyl groups is 1. The lowest BCUT2D eigenvalue weighted by Crippen LogP contribution is -2.28. The Balaban J connectivity index is 1.96. The van der Waals surface area contributed by atoms with Gasteiger partial charge in [0.05, 0.1) is 11.0 Å². The first-order valence-corrected chi connectivity index (χ1v) is 7.09. The molecule has 1 unspecified atom stereocenters. The quantitative estimate of drug-likeness (QED) is 0.910. The summed E-state index contributed by atoms with van der Waals surface area (Å²) in [6, 6.07) is 8.87. The highest BCUT2D eigenvalue weighted by molar-refractivity contribution is 7.12. The van der Waals surface area contributed by atoms with Crippen molar-refractivity contribution in [3.63, 3.8) is 0 Å². The van der Waals surface area contributed by atoms with E-state index in [1.54, 1.807) is 24.3 Å². The van der Waals surface area contributed by atoms with Gasteiger partial charge in [-0.2, -0.15) is 0 Å². The van der Waals surface area contributed by atoms with E-state index in [4.69, 9.17) is 11.6 Å². The maximum absolute atomic E-state index is 11.9. The van der Waals surface area contributed by atoms with Gasteiger partial charge >= 0.3 is 0 Å². The van der Waals surface area contributed by atoms with E-state index in [2.05, 4.69) is 5.32 Å². The van der Waals surface area contributed by atoms with Crippen LogP contribution in [-0.4, -0.2) is 17.6 Å². The molecule has 2 rings (SSSR count). The van der Waals surface area contributed by atoms with Crippen LogP contribution >= 0.6 is 22.9 Å². The van der Waals surface area contributed by atoms with Crippen molar-refractivity contribution in [3.05, 3.63) is 56.7 Å². The van der Waals surface area contributed by atoms with Crippen molar-refractivity contribution >= 4 is 28.8 Å². The lowest BCUT2D eigenvalue weighted by atomic mass is 10.1.